The number of nitrogens with two attached hydrogens (primary N) is 1. The molecule has 4 heteroatoms. The molecule has 2 unspecified atom stereocenters. The maximum Gasteiger partial charge on any atom is 0.225 e. The van der Waals surface area contributed by atoms with E-state index in [1.54, 1.807) is 4.90 Å². The molecule has 1 amide bonds. The molecule has 0 saturated heterocycles. The van der Waals surface area contributed by atoms with Crippen molar-refractivity contribution in [3.05, 3.63) is 0 Å². The van der Waals surface area contributed by atoms with Crippen molar-refractivity contribution < 1.29 is 9.90 Å². The highest BCUT2D eigenvalue weighted by atomic mass is 16.3. The van der Waals surface area contributed by atoms with Gasteiger partial charge in [-0.3, -0.25) is 4.79 Å². The molecule has 0 heterocycles. The normalized spacial score (nSPS) is 14.6. The van der Waals surface area contributed by atoms with Crippen LogP contribution in [0.15, 0.2) is 0 Å². The molecule has 0 radical (unpaired) electrons. The summed E-state index contributed by atoms with van der Waals surface area (Å²) in [5.41, 5.74) is 5.66. The lowest BCUT2D eigenvalue weighted by molar-refractivity contribution is -0.135. The van der Waals surface area contributed by atoms with Crippen molar-refractivity contribution in [1.29, 1.82) is 0 Å². The van der Waals surface area contributed by atoms with Crippen LogP contribution in [0.4, 0.5) is 0 Å². The van der Waals surface area contributed by atoms with Gasteiger partial charge in [0.25, 0.3) is 0 Å². The molecule has 0 aliphatic carbocycles. The van der Waals surface area contributed by atoms with E-state index in [-0.39, 0.29) is 24.5 Å². The van der Waals surface area contributed by atoms with Crippen molar-refractivity contribution in [2.24, 2.45) is 11.7 Å². The second-order valence-corrected chi connectivity index (χ2v) is 4.45. The van der Waals surface area contributed by atoms with Crippen LogP contribution in [0.1, 0.15) is 40.0 Å². The van der Waals surface area contributed by atoms with Gasteiger partial charge < -0.3 is 15.7 Å². The van der Waals surface area contributed by atoms with Gasteiger partial charge in [0, 0.05) is 25.0 Å². The summed E-state index contributed by atoms with van der Waals surface area (Å²) in [5.74, 6) is 0.173. The lowest BCUT2D eigenvalue weighted by atomic mass is 10.0. The summed E-state index contributed by atoms with van der Waals surface area (Å²) in [5, 5.41) is 8.84. The number of hydrogen-bond acceptors (Lipinski definition) is 3. The molecule has 3 N–H and O–H groups in total. The Balaban J connectivity index is 3.95. The lowest BCUT2D eigenvalue weighted by Crippen LogP contribution is -2.37. The van der Waals surface area contributed by atoms with E-state index in [2.05, 4.69) is 0 Å². The maximum absolute atomic E-state index is 11.9. The number of aliphatic hydroxyl groups excluding tert-OH is 1. The molecule has 0 aliphatic rings. The SMILES string of the molecule is CCN(CCO)C(=O)C(C)CCCC(C)N. The molecule has 96 valence electrons. The lowest BCUT2D eigenvalue weighted by Gasteiger charge is -2.23. The van der Waals surface area contributed by atoms with E-state index in [1.807, 2.05) is 20.8 Å². The molecule has 2 atom stereocenters. The van der Waals surface area contributed by atoms with Crippen LogP contribution in [-0.2, 0) is 4.79 Å². The predicted octanol–water partition coefficient (Wildman–Crippen LogP) is 0.981. The first-order valence-corrected chi connectivity index (χ1v) is 6.18. The van der Waals surface area contributed by atoms with Gasteiger partial charge >= 0.3 is 0 Å². The first-order chi connectivity index (χ1) is 7.52. The molecular formula is C12H26N2O2. The first-order valence-electron chi connectivity index (χ1n) is 6.18. The number of aliphatic hydroxyl groups is 1. The van der Waals surface area contributed by atoms with E-state index >= 15 is 0 Å². The third kappa shape index (κ3) is 6.08. The van der Waals surface area contributed by atoms with Crippen molar-refractivity contribution in [2.75, 3.05) is 19.7 Å². The van der Waals surface area contributed by atoms with Crippen LogP contribution in [0.25, 0.3) is 0 Å². The highest BCUT2D eigenvalue weighted by Gasteiger charge is 2.18. The molecule has 0 aromatic heterocycles. The average molecular weight is 230 g/mol. The Morgan fingerprint density at radius 3 is 2.44 bits per heavy atom. The van der Waals surface area contributed by atoms with Gasteiger partial charge in [-0.2, -0.15) is 0 Å². The predicted molar refractivity (Wildman–Crippen MR) is 66.0 cm³/mol. The second kappa shape index (κ2) is 8.53. The summed E-state index contributed by atoms with van der Waals surface area (Å²) in [7, 11) is 0. The van der Waals surface area contributed by atoms with Crippen LogP contribution in [0, 0.1) is 5.92 Å². The van der Waals surface area contributed by atoms with E-state index in [1.165, 1.54) is 0 Å². The first kappa shape index (κ1) is 15.4. The molecule has 0 spiro atoms. The zero-order valence-corrected chi connectivity index (χ0v) is 10.8. The Kier molecular flexibility index (Phi) is 8.21. The Morgan fingerprint density at radius 2 is 2.00 bits per heavy atom. The van der Waals surface area contributed by atoms with Crippen molar-refractivity contribution in [3.8, 4) is 0 Å². The number of likely N-dealkylation sites (N-methyl/N-ethyl adjacent to an activating group) is 1. The Hall–Kier alpha value is -0.610. The van der Waals surface area contributed by atoms with Crippen LogP contribution in [0.3, 0.4) is 0 Å². The number of carbonyl (C=O) groups excluding carboxylic acids is 1. The minimum Gasteiger partial charge on any atom is -0.395 e. The smallest absolute Gasteiger partial charge is 0.225 e. The fourth-order valence-corrected chi connectivity index (χ4v) is 1.73. The van der Waals surface area contributed by atoms with E-state index in [9.17, 15) is 4.79 Å². The number of amides is 1. The topological polar surface area (TPSA) is 66.6 Å². The van der Waals surface area contributed by atoms with Crippen LogP contribution in [-0.4, -0.2) is 41.7 Å². The number of hydrogen-bond donors (Lipinski definition) is 2. The quantitative estimate of drug-likeness (QED) is 0.653. The van der Waals surface area contributed by atoms with Gasteiger partial charge in [-0.1, -0.05) is 13.3 Å². The van der Waals surface area contributed by atoms with Crippen molar-refractivity contribution in [1.82, 2.24) is 4.90 Å². The van der Waals surface area contributed by atoms with Crippen LogP contribution in [0.2, 0.25) is 0 Å². The van der Waals surface area contributed by atoms with Crippen molar-refractivity contribution in [2.45, 2.75) is 46.1 Å². The third-order valence-corrected chi connectivity index (χ3v) is 2.78. The largest absolute Gasteiger partial charge is 0.395 e. The molecule has 16 heavy (non-hydrogen) atoms. The fourth-order valence-electron chi connectivity index (χ4n) is 1.73. The Bertz CT molecular complexity index is 195. The molecule has 0 aliphatic heterocycles. The van der Waals surface area contributed by atoms with Crippen molar-refractivity contribution in [3.63, 3.8) is 0 Å². The van der Waals surface area contributed by atoms with Gasteiger partial charge in [0.05, 0.1) is 6.61 Å². The van der Waals surface area contributed by atoms with Crippen LogP contribution in [0.5, 0.6) is 0 Å². The standard InChI is InChI=1S/C12H26N2O2/c1-4-14(8-9-15)12(16)10(2)6-5-7-11(3)13/h10-11,15H,4-9,13H2,1-3H3. The summed E-state index contributed by atoms with van der Waals surface area (Å²) in [6, 6.07) is 0.210. The maximum atomic E-state index is 11.9. The van der Waals surface area contributed by atoms with Gasteiger partial charge in [0.1, 0.15) is 0 Å². The Morgan fingerprint density at radius 1 is 1.38 bits per heavy atom. The third-order valence-electron chi connectivity index (χ3n) is 2.78. The highest BCUT2D eigenvalue weighted by molar-refractivity contribution is 5.78. The van der Waals surface area contributed by atoms with E-state index < -0.39 is 0 Å². The molecule has 0 saturated carbocycles. The molecule has 4 nitrogen and oxygen atoms in total. The number of nitrogens with zero attached hydrogens (tertiary/aromatic N) is 1. The summed E-state index contributed by atoms with van der Waals surface area (Å²) in [6.07, 6.45) is 2.83. The highest BCUT2D eigenvalue weighted by Crippen LogP contribution is 2.12. The zero-order valence-electron chi connectivity index (χ0n) is 10.8. The second-order valence-electron chi connectivity index (χ2n) is 4.45. The number of rotatable bonds is 8. The van der Waals surface area contributed by atoms with E-state index in [0.29, 0.717) is 13.1 Å². The molecule has 0 rings (SSSR count). The Labute approximate surface area is 98.8 Å². The van der Waals surface area contributed by atoms with Gasteiger partial charge in [-0.15, -0.1) is 0 Å². The molecule has 0 aromatic rings. The summed E-state index contributed by atoms with van der Waals surface area (Å²) in [6.45, 7) is 7.00. The summed E-state index contributed by atoms with van der Waals surface area (Å²) in [4.78, 5) is 13.6. The van der Waals surface area contributed by atoms with E-state index in [0.717, 1.165) is 19.3 Å². The summed E-state index contributed by atoms with van der Waals surface area (Å²) >= 11 is 0. The molecule has 0 bridgehead atoms. The van der Waals surface area contributed by atoms with Gasteiger partial charge in [-0.05, 0) is 26.7 Å². The van der Waals surface area contributed by atoms with E-state index in [4.69, 9.17) is 10.8 Å². The van der Waals surface area contributed by atoms with Gasteiger partial charge in [0.2, 0.25) is 5.91 Å². The molecule has 0 fully saturated rings. The minimum absolute atomic E-state index is 0.0326. The molecule has 0 aromatic carbocycles. The minimum atomic E-state index is 0.0326. The van der Waals surface area contributed by atoms with Crippen LogP contribution < -0.4 is 5.73 Å². The van der Waals surface area contributed by atoms with Gasteiger partial charge in [-0.25, -0.2) is 0 Å². The van der Waals surface area contributed by atoms with Crippen LogP contribution >= 0.6 is 0 Å². The molecular weight excluding hydrogens is 204 g/mol. The number of carbonyl (C=O) groups is 1. The van der Waals surface area contributed by atoms with Gasteiger partial charge in [0.15, 0.2) is 0 Å². The fraction of sp³-hybridized carbons (Fsp3) is 0.917. The summed E-state index contributed by atoms with van der Waals surface area (Å²) < 4.78 is 0. The monoisotopic (exact) mass is 230 g/mol. The average Bonchev–Trinajstić information content (AvgIpc) is 2.24. The van der Waals surface area contributed by atoms with Crippen molar-refractivity contribution >= 4 is 5.91 Å². The zero-order chi connectivity index (χ0) is 12.6.